The smallest absolute Gasteiger partial charge is 0.222 e. The van der Waals surface area contributed by atoms with E-state index in [-0.39, 0.29) is 11.8 Å². The van der Waals surface area contributed by atoms with E-state index >= 15 is 0 Å². The summed E-state index contributed by atoms with van der Waals surface area (Å²) in [5, 5.41) is 10.3. The third-order valence-electron chi connectivity index (χ3n) is 5.31. The third kappa shape index (κ3) is 6.37. The average molecular weight is 403 g/mol. The first-order valence-corrected chi connectivity index (χ1v) is 10.2. The Labute approximate surface area is 170 Å². The maximum atomic E-state index is 12.3. The van der Waals surface area contributed by atoms with Gasteiger partial charge in [-0.3, -0.25) is 14.7 Å². The van der Waals surface area contributed by atoms with Gasteiger partial charge in [0.15, 0.2) is 0 Å². The lowest BCUT2D eigenvalue weighted by molar-refractivity contribution is -0.132. The topological polar surface area (TPSA) is 78.1 Å². The first kappa shape index (κ1) is 20.4. The van der Waals surface area contributed by atoms with Gasteiger partial charge in [0.1, 0.15) is 0 Å². The number of hydrogen-bond acceptors (Lipinski definition) is 3. The predicted molar refractivity (Wildman–Crippen MR) is 109 cm³/mol. The van der Waals surface area contributed by atoms with E-state index in [0.717, 1.165) is 49.9 Å². The van der Waals surface area contributed by atoms with Gasteiger partial charge in [-0.25, -0.2) is 0 Å². The number of H-pyrrole nitrogens is 1. The normalized spacial score (nSPS) is 14.8. The van der Waals surface area contributed by atoms with E-state index in [4.69, 9.17) is 11.6 Å². The summed E-state index contributed by atoms with van der Waals surface area (Å²) >= 11 is 5.96. The highest BCUT2D eigenvalue weighted by Gasteiger charge is 2.23. The molecule has 1 fully saturated rings. The molecule has 2 amide bonds. The molecule has 0 aliphatic carbocycles. The molecule has 3 rings (SSSR count). The maximum absolute atomic E-state index is 12.3. The summed E-state index contributed by atoms with van der Waals surface area (Å²) in [7, 11) is 0. The van der Waals surface area contributed by atoms with Crippen LogP contribution in [0.25, 0.3) is 0 Å². The fourth-order valence-corrected chi connectivity index (χ4v) is 3.78. The number of nitrogens with zero attached hydrogens (tertiary/aromatic N) is 2. The van der Waals surface area contributed by atoms with Gasteiger partial charge >= 0.3 is 0 Å². The van der Waals surface area contributed by atoms with Crippen LogP contribution in [0.2, 0.25) is 5.02 Å². The molecule has 150 valence electrons. The van der Waals surface area contributed by atoms with Crippen LogP contribution in [0.15, 0.2) is 36.7 Å². The lowest BCUT2D eigenvalue weighted by Gasteiger charge is -2.32. The number of carbonyl (C=O) groups is 2. The standard InChI is InChI=1S/C21H27ClN4O2/c22-19-3-1-2-17(12-19)13-23-20(27)6-4-16-8-10-26(11-9-16)21(28)7-5-18-14-24-25-15-18/h1-3,12,14-16H,4-11,13H2,(H,23,27)(H,24,25). The molecule has 0 radical (unpaired) electrons. The molecule has 28 heavy (non-hydrogen) atoms. The number of carbonyl (C=O) groups excluding carboxylic acids is 2. The molecule has 1 aliphatic rings. The molecule has 7 heteroatoms. The molecule has 2 N–H and O–H groups in total. The van der Waals surface area contributed by atoms with E-state index in [1.54, 1.807) is 6.20 Å². The van der Waals surface area contributed by atoms with Crippen LogP contribution in [0, 0.1) is 5.92 Å². The zero-order chi connectivity index (χ0) is 19.8. The minimum atomic E-state index is 0.0681. The number of piperidine rings is 1. The van der Waals surface area contributed by atoms with Gasteiger partial charge in [0.25, 0.3) is 0 Å². The Balaban J connectivity index is 1.30. The van der Waals surface area contributed by atoms with Gasteiger partial charge in [-0.05, 0) is 54.9 Å². The molecule has 0 unspecified atom stereocenters. The SMILES string of the molecule is O=C(CCC1CCN(C(=O)CCc2cn[nH]c2)CC1)NCc1cccc(Cl)c1. The molecule has 0 bridgehead atoms. The Morgan fingerprint density at radius 2 is 2.04 bits per heavy atom. The van der Waals surface area contributed by atoms with Crippen LogP contribution in [0.4, 0.5) is 0 Å². The number of aromatic nitrogens is 2. The second-order valence-electron chi connectivity index (χ2n) is 7.38. The van der Waals surface area contributed by atoms with Crippen LogP contribution < -0.4 is 5.32 Å². The monoisotopic (exact) mass is 402 g/mol. The first-order chi connectivity index (χ1) is 13.6. The van der Waals surface area contributed by atoms with Crippen molar-refractivity contribution in [3.05, 3.63) is 52.8 Å². The molecule has 1 aromatic carbocycles. The van der Waals surface area contributed by atoms with Gasteiger partial charge in [-0.15, -0.1) is 0 Å². The van der Waals surface area contributed by atoms with Gasteiger partial charge in [-0.1, -0.05) is 23.7 Å². The zero-order valence-corrected chi connectivity index (χ0v) is 16.8. The lowest BCUT2D eigenvalue weighted by Crippen LogP contribution is -2.38. The Kier molecular flexibility index (Phi) is 7.48. The molecule has 1 aromatic heterocycles. The Morgan fingerprint density at radius 1 is 1.21 bits per heavy atom. The second-order valence-corrected chi connectivity index (χ2v) is 7.81. The minimum Gasteiger partial charge on any atom is -0.352 e. The van der Waals surface area contributed by atoms with Crippen LogP contribution in [0.1, 0.15) is 43.2 Å². The lowest BCUT2D eigenvalue weighted by atomic mass is 9.92. The fraction of sp³-hybridized carbons (Fsp3) is 0.476. The van der Waals surface area contributed by atoms with Gasteiger partial charge in [0.2, 0.25) is 11.8 Å². The van der Waals surface area contributed by atoms with E-state index in [1.807, 2.05) is 35.4 Å². The number of nitrogens with one attached hydrogen (secondary N) is 2. The first-order valence-electron chi connectivity index (χ1n) is 9.87. The molecule has 0 atom stereocenters. The minimum absolute atomic E-state index is 0.0681. The van der Waals surface area contributed by atoms with Gasteiger partial charge in [0.05, 0.1) is 6.20 Å². The Hall–Kier alpha value is -2.34. The number of likely N-dealkylation sites (tertiary alicyclic amines) is 1. The summed E-state index contributed by atoms with van der Waals surface area (Å²) < 4.78 is 0. The van der Waals surface area contributed by atoms with E-state index in [0.29, 0.717) is 30.3 Å². The van der Waals surface area contributed by atoms with Crippen LogP contribution in [-0.4, -0.2) is 40.0 Å². The van der Waals surface area contributed by atoms with Crippen LogP contribution >= 0.6 is 11.6 Å². The van der Waals surface area contributed by atoms with Crippen LogP contribution in [0.5, 0.6) is 0 Å². The van der Waals surface area contributed by atoms with Crippen molar-refractivity contribution in [1.29, 1.82) is 0 Å². The Morgan fingerprint density at radius 3 is 2.75 bits per heavy atom. The quantitative estimate of drug-likeness (QED) is 0.710. The fourth-order valence-electron chi connectivity index (χ4n) is 3.57. The molecular weight excluding hydrogens is 376 g/mol. The predicted octanol–water partition coefficient (Wildman–Crippen LogP) is 3.33. The number of halogens is 1. The molecule has 2 aromatic rings. The number of aryl methyl sites for hydroxylation is 1. The van der Waals surface area contributed by atoms with E-state index < -0.39 is 0 Å². The van der Waals surface area contributed by atoms with Crippen molar-refractivity contribution in [2.45, 2.75) is 45.1 Å². The van der Waals surface area contributed by atoms with E-state index in [2.05, 4.69) is 15.5 Å². The van der Waals surface area contributed by atoms with E-state index in [1.165, 1.54) is 0 Å². The van der Waals surface area contributed by atoms with E-state index in [9.17, 15) is 9.59 Å². The molecule has 0 spiro atoms. The van der Waals surface area contributed by atoms with Gasteiger partial charge in [0, 0.05) is 43.7 Å². The molecular formula is C21H27ClN4O2. The molecule has 6 nitrogen and oxygen atoms in total. The van der Waals surface area contributed by atoms with Gasteiger partial charge < -0.3 is 10.2 Å². The highest BCUT2D eigenvalue weighted by Crippen LogP contribution is 2.22. The van der Waals surface area contributed by atoms with Crippen LogP contribution in [-0.2, 0) is 22.6 Å². The zero-order valence-electron chi connectivity index (χ0n) is 16.0. The highest BCUT2D eigenvalue weighted by molar-refractivity contribution is 6.30. The summed E-state index contributed by atoms with van der Waals surface area (Å²) in [6.07, 6.45) is 8.18. The van der Waals surface area contributed by atoms with Gasteiger partial charge in [-0.2, -0.15) is 5.10 Å². The largest absolute Gasteiger partial charge is 0.352 e. The number of rotatable bonds is 8. The Bertz CT molecular complexity index is 770. The second kappa shape index (κ2) is 10.3. The van der Waals surface area contributed by atoms with Crippen molar-refractivity contribution in [2.75, 3.05) is 13.1 Å². The van der Waals surface area contributed by atoms with Crippen molar-refractivity contribution >= 4 is 23.4 Å². The van der Waals surface area contributed by atoms with Crippen molar-refractivity contribution in [3.8, 4) is 0 Å². The number of hydrogen-bond donors (Lipinski definition) is 2. The summed E-state index contributed by atoms with van der Waals surface area (Å²) in [5.74, 6) is 0.785. The molecule has 0 saturated carbocycles. The number of aromatic amines is 1. The number of amides is 2. The summed E-state index contributed by atoms with van der Waals surface area (Å²) in [5.41, 5.74) is 2.06. The van der Waals surface area contributed by atoms with Crippen molar-refractivity contribution in [2.24, 2.45) is 5.92 Å². The van der Waals surface area contributed by atoms with Crippen molar-refractivity contribution in [1.82, 2.24) is 20.4 Å². The summed E-state index contributed by atoms with van der Waals surface area (Å²) in [6, 6.07) is 7.52. The summed E-state index contributed by atoms with van der Waals surface area (Å²) in [4.78, 5) is 26.4. The maximum Gasteiger partial charge on any atom is 0.222 e. The molecule has 1 saturated heterocycles. The number of benzene rings is 1. The van der Waals surface area contributed by atoms with Crippen LogP contribution in [0.3, 0.4) is 0 Å². The summed E-state index contributed by atoms with van der Waals surface area (Å²) in [6.45, 7) is 2.08. The molecule has 2 heterocycles. The van der Waals surface area contributed by atoms with Crippen molar-refractivity contribution in [3.63, 3.8) is 0 Å². The molecule has 1 aliphatic heterocycles. The average Bonchev–Trinajstić information content (AvgIpc) is 3.23. The third-order valence-corrected chi connectivity index (χ3v) is 5.54. The van der Waals surface area contributed by atoms with Crippen molar-refractivity contribution < 1.29 is 9.59 Å². The highest BCUT2D eigenvalue weighted by atomic mass is 35.5.